The second-order valence-corrected chi connectivity index (χ2v) is 12.6. The number of aromatic nitrogens is 2. The Morgan fingerprint density at radius 2 is 1.34 bits per heavy atom. The third-order valence-corrected chi connectivity index (χ3v) is 9.24. The van der Waals surface area contributed by atoms with Crippen LogP contribution >= 0.6 is 0 Å². The number of pyridine rings is 2. The number of para-hydroxylation sites is 3. The first-order valence-corrected chi connectivity index (χ1v) is 15.9. The number of fused-ring (bicyclic) bond motifs is 3. The van der Waals surface area contributed by atoms with Gasteiger partial charge in [-0.15, -0.1) is 0 Å². The minimum Gasteiger partial charge on any atom is -0.506 e. The van der Waals surface area contributed by atoms with E-state index in [9.17, 15) is 5.11 Å². The minimum atomic E-state index is -0.215. The molecule has 0 fully saturated rings. The molecule has 5 aromatic carbocycles. The van der Waals surface area contributed by atoms with E-state index in [-0.39, 0.29) is 11.2 Å². The lowest BCUT2D eigenvalue weighted by Crippen LogP contribution is -2.31. The van der Waals surface area contributed by atoms with Crippen molar-refractivity contribution < 1.29 is 5.11 Å². The van der Waals surface area contributed by atoms with Crippen molar-refractivity contribution in [2.45, 2.75) is 26.2 Å². The number of hydrogen-bond donors (Lipinski definition) is 1. The van der Waals surface area contributed by atoms with Crippen LogP contribution in [-0.4, -0.2) is 15.1 Å². The number of hydrogen-bond acceptors (Lipinski definition) is 5. The van der Waals surface area contributed by atoms with Gasteiger partial charge in [0.05, 0.1) is 22.8 Å². The summed E-state index contributed by atoms with van der Waals surface area (Å²) in [6.45, 7) is 6.66. The van der Waals surface area contributed by atoms with Crippen LogP contribution in [0.2, 0.25) is 0 Å². The number of rotatable bonds is 5. The first-order chi connectivity index (χ1) is 22.9. The predicted octanol–water partition coefficient (Wildman–Crippen LogP) is 10.9. The fraction of sp³-hybridized carbons (Fsp3) is 0.0952. The van der Waals surface area contributed by atoms with Gasteiger partial charge in [-0.2, -0.15) is 0 Å². The SMILES string of the molecule is Cc1ccnc(N2c3ccccc3C(C)(C)c3ccc(-c4ccc5c(N(c6ccccc6)c6ccccc6)ccc(O)c5n4)cc32)c1. The first kappa shape index (κ1) is 28.5. The Hall–Kier alpha value is -5.94. The van der Waals surface area contributed by atoms with Crippen molar-refractivity contribution in [1.29, 1.82) is 0 Å². The van der Waals surface area contributed by atoms with Gasteiger partial charge in [-0.25, -0.2) is 9.97 Å². The highest BCUT2D eigenvalue weighted by atomic mass is 16.3. The summed E-state index contributed by atoms with van der Waals surface area (Å²) in [5.74, 6) is 1.02. The van der Waals surface area contributed by atoms with Crippen LogP contribution in [0.25, 0.3) is 22.2 Å². The van der Waals surface area contributed by atoms with E-state index >= 15 is 0 Å². The number of nitrogens with zero attached hydrogens (tertiary/aromatic N) is 4. The van der Waals surface area contributed by atoms with Crippen molar-refractivity contribution in [3.05, 3.63) is 162 Å². The van der Waals surface area contributed by atoms with Crippen molar-refractivity contribution in [3.63, 3.8) is 0 Å². The zero-order chi connectivity index (χ0) is 32.1. The summed E-state index contributed by atoms with van der Waals surface area (Å²) in [5, 5.41) is 12.0. The average molecular weight is 611 g/mol. The highest BCUT2D eigenvalue weighted by Gasteiger charge is 2.37. The van der Waals surface area contributed by atoms with Gasteiger partial charge in [0.15, 0.2) is 0 Å². The molecule has 0 amide bonds. The standard InChI is InChI=1S/C42H34N4O/c1-28-24-25-43-40(26-28)46-37-17-11-10-16-33(37)42(2,3)34-20-18-29(27-38(34)46)35-21-19-32-36(22-23-39(47)41(32)44-35)45(30-12-6-4-7-13-30)31-14-8-5-9-15-31/h4-27,47H,1-3H3. The summed E-state index contributed by atoms with van der Waals surface area (Å²) in [5.41, 5.74) is 10.9. The molecule has 7 aromatic rings. The van der Waals surface area contributed by atoms with Crippen LogP contribution in [0, 0.1) is 6.92 Å². The lowest BCUT2D eigenvalue weighted by molar-refractivity contribution is 0.480. The number of phenols is 1. The summed E-state index contributed by atoms with van der Waals surface area (Å²) in [6, 6.07) is 47.7. The molecule has 0 atom stereocenters. The lowest BCUT2D eigenvalue weighted by atomic mass is 9.73. The van der Waals surface area contributed by atoms with Crippen LogP contribution in [0.5, 0.6) is 5.75 Å². The van der Waals surface area contributed by atoms with E-state index in [1.165, 1.54) is 11.1 Å². The van der Waals surface area contributed by atoms with E-state index in [1.54, 1.807) is 6.07 Å². The van der Waals surface area contributed by atoms with E-state index in [1.807, 2.05) is 54.7 Å². The Balaban J connectivity index is 1.29. The monoisotopic (exact) mass is 610 g/mol. The molecule has 5 heteroatoms. The summed E-state index contributed by atoms with van der Waals surface area (Å²) in [6.07, 6.45) is 1.87. The fourth-order valence-electron chi connectivity index (χ4n) is 6.89. The number of aromatic hydroxyl groups is 1. The van der Waals surface area contributed by atoms with Crippen molar-refractivity contribution >= 4 is 45.2 Å². The van der Waals surface area contributed by atoms with Crippen LogP contribution in [0.3, 0.4) is 0 Å². The predicted molar refractivity (Wildman–Crippen MR) is 193 cm³/mol. The molecule has 8 rings (SSSR count). The van der Waals surface area contributed by atoms with Crippen LogP contribution < -0.4 is 9.80 Å². The van der Waals surface area contributed by atoms with Crippen molar-refractivity contribution in [2.75, 3.05) is 9.80 Å². The smallest absolute Gasteiger partial charge is 0.141 e. The molecule has 2 aromatic heterocycles. The quantitative estimate of drug-likeness (QED) is 0.210. The molecule has 0 saturated heterocycles. The summed E-state index contributed by atoms with van der Waals surface area (Å²) >= 11 is 0. The number of anilines is 6. The maximum Gasteiger partial charge on any atom is 0.141 e. The first-order valence-electron chi connectivity index (χ1n) is 15.9. The Bertz CT molecular complexity index is 2220. The Morgan fingerprint density at radius 1 is 0.660 bits per heavy atom. The van der Waals surface area contributed by atoms with E-state index in [2.05, 4.69) is 116 Å². The lowest BCUT2D eigenvalue weighted by Gasteiger charge is -2.41. The molecular weight excluding hydrogens is 576 g/mol. The molecule has 3 heterocycles. The van der Waals surface area contributed by atoms with Gasteiger partial charge in [0.25, 0.3) is 0 Å². The van der Waals surface area contributed by atoms with Crippen molar-refractivity contribution in [2.24, 2.45) is 0 Å². The molecule has 0 unspecified atom stereocenters. The molecule has 0 bridgehead atoms. The van der Waals surface area contributed by atoms with Crippen molar-refractivity contribution in [3.8, 4) is 17.0 Å². The zero-order valence-electron chi connectivity index (χ0n) is 26.6. The molecule has 0 saturated carbocycles. The number of phenolic OH excluding ortho intramolecular Hbond substituents is 1. The van der Waals surface area contributed by atoms with E-state index in [4.69, 9.17) is 9.97 Å². The molecule has 0 radical (unpaired) electrons. The average Bonchev–Trinajstić information content (AvgIpc) is 3.10. The molecular formula is C42H34N4O. The molecule has 228 valence electrons. The Kier molecular flexibility index (Phi) is 6.76. The number of aryl methyl sites for hydroxylation is 1. The summed E-state index contributed by atoms with van der Waals surface area (Å²) < 4.78 is 0. The maximum atomic E-state index is 11.2. The van der Waals surface area contributed by atoms with Gasteiger partial charge in [0, 0.05) is 33.9 Å². The largest absolute Gasteiger partial charge is 0.506 e. The van der Waals surface area contributed by atoms with Gasteiger partial charge in [-0.1, -0.05) is 80.6 Å². The van der Waals surface area contributed by atoms with Crippen molar-refractivity contribution in [1.82, 2.24) is 9.97 Å². The molecule has 1 N–H and O–H groups in total. The van der Waals surface area contributed by atoms with Gasteiger partial charge >= 0.3 is 0 Å². The second kappa shape index (κ2) is 11.1. The zero-order valence-corrected chi connectivity index (χ0v) is 26.6. The topological polar surface area (TPSA) is 52.5 Å². The van der Waals surface area contributed by atoms with E-state index < -0.39 is 0 Å². The molecule has 1 aliphatic heterocycles. The van der Waals surface area contributed by atoms with E-state index in [0.717, 1.165) is 56.5 Å². The van der Waals surface area contributed by atoms with Gasteiger partial charge in [-0.05, 0) is 96.4 Å². The molecule has 47 heavy (non-hydrogen) atoms. The van der Waals surface area contributed by atoms with Gasteiger partial charge in [0.1, 0.15) is 17.1 Å². The fourth-order valence-corrected chi connectivity index (χ4v) is 6.89. The Labute approximate surface area is 275 Å². The molecule has 5 nitrogen and oxygen atoms in total. The third kappa shape index (κ3) is 4.79. The van der Waals surface area contributed by atoms with Crippen LogP contribution in [0.4, 0.5) is 34.3 Å². The van der Waals surface area contributed by atoms with Gasteiger partial charge in [-0.3, -0.25) is 4.90 Å². The van der Waals surface area contributed by atoms with Gasteiger partial charge < -0.3 is 10.0 Å². The van der Waals surface area contributed by atoms with Crippen LogP contribution in [0.1, 0.15) is 30.5 Å². The maximum absolute atomic E-state index is 11.2. The van der Waals surface area contributed by atoms with Gasteiger partial charge in [0.2, 0.25) is 0 Å². The van der Waals surface area contributed by atoms with Crippen LogP contribution in [-0.2, 0) is 5.41 Å². The number of benzene rings is 5. The summed E-state index contributed by atoms with van der Waals surface area (Å²) in [4.78, 5) is 14.4. The van der Waals surface area contributed by atoms with Crippen LogP contribution in [0.15, 0.2) is 146 Å². The third-order valence-electron chi connectivity index (χ3n) is 9.24. The van der Waals surface area contributed by atoms with E-state index in [0.29, 0.717) is 5.52 Å². The normalized spacial score (nSPS) is 13.2. The molecule has 0 spiro atoms. The molecule has 1 aliphatic rings. The second-order valence-electron chi connectivity index (χ2n) is 12.6. The Morgan fingerprint density at radius 3 is 2.06 bits per heavy atom. The highest BCUT2D eigenvalue weighted by Crippen LogP contribution is 2.52. The molecule has 0 aliphatic carbocycles. The highest BCUT2D eigenvalue weighted by molar-refractivity contribution is 6.01. The summed E-state index contributed by atoms with van der Waals surface area (Å²) in [7, 11) is 0. The minimum absolute atomic E-state index is 0.144.